The molecule has 0 aliphatic carbocycles. The normalized spacial score (nSPS) is 10.7. The topological polar surface area (TPSA) is 46.9 Å². The molecule has 100 valence electrons. The quantitative estimate of drug-likeness (QED) is 0.895. The van der Waals surface area contributed by atoms with E-state index in [1.54, 1.807) is 17.1 Å². The van der Waals surface area contributed by atoms with Gasteiger partial charge in [0, 0.05) is 12.2 Å². The molecule has 0 saturated heterocycles. The Balaban J connectivity index is 2.09. The van der Waals surface area contributed by atoms with Gasteiger partial charge in [-0.2, -0.15) is 0 Å². The van der Waals surface area contributed by atoms with Gasteiger partial charge in [-0.1, -0.05) is 32.0 Å². The third-order valence-electron chi connectivity index (χ3n) is 2.91. The predicted molar refractivity (Wildman–Crippen MR) is 75.4 cm³/mol. The maximum absolute atomic E-state index is 12.1. The molecule has 1 N–H and O–H groups in total. The highest BCUT2D eigenvalue weighted by molar-refractivity contribution is 5.92. The molecule has 0 unspecified atom stereocenters. The summed E-state index contributed by atoms with van der Waals surface area (Å²) >= 11 is 0. The zero-order valence-electron chi connectivity index (χ0n) is 11.3. The Morgan fingerprint density at radius 3 is 2.74 bits per heavy atom. The molecule has 0 bridgehead atoms. The summed E-state index contributed by atoms with van der Waals surface area (Å²) in [5, 5.41) is 2.93. The van der Waals surface area contributed by atoms with Crippen LogP contribution >= 0.6 is 0 Å². The monoisotopic (exact) mass is 257 g/mol. The van der Waals surface area contributed by atoms with Crippen LogP contribution in [0.4, 0.5) is 0 Å². The zero-order chi connectivity index (χ0) is 13.7. The second-order valence-electron chi connectivity index (χ2n) is 4.92. The molecule has 1 heterocycles. The molecule has 0 fully saturated rings. The minimum absolute atomic E-state index is 0.0815. The molecular formula is C15H19N3O. The number of nitrogens with one attached hydrogen (secondary N) is 1. The van der Waals surface area contributed by atoms with Crippen LogP contribution in [0.1, 0.15) is 30.8 Å². The van der Waals surface area contributed by atoms with Crippen molar-refractivity contribution >= 4 is 5.91 Å². The summed E-state index contributed by atoms with van der Waals surface area (Å²) in [4.78, 5) is 16.2. The van der Waals surface area contributed by atoms with Crippen molar-refractivity contribution in [1.29, 1.82) is 0 Å². The van der Waals surface area contributed by atoms with Crippen molar-refractivity contribution in [3.63, 3.8) is 0 Å². The molecule has 2 aromatic rings. The Bertz CT molecular complexity index is 531. The number of nitrogens with zero attached hydrogens (tertiary/aromatic N) is 2. The fourth-order valence-electron chi connectivity index (χ4n) is 1.82. The first-order valence-corrected chi connectivity index (χ1v) is 6.54. The Morgan fingerprint density at radius 2 is 2.05 bits per heavy atom. The standard InChI is InChI=1S/C15H19N3O/c1-12(2)8-9-17-15(19)14-10-16-11-18(14)13-6-4-3-5-7-13/h3-7,10-12H,8-9H2,1-2H3,(H,17,19). The first kappa shape index (κ1) is 13.3. The van der Waals surface area contributed by atoms with E-state index in [-0.39, 0.29) is 5.91 Å². The summed E-state index contributed by atoms with van der Waals surface area (Å²) in [7, 11) is 0. The number of carbonyl (C=O) groups is 1. The third kappa shape index (κ3) is 3.44. The van der Waals surface area contributed by atoms with Crippen molar-refractivity contribution in [2.75, 3.05) is 6.54 Å². The minimum Gasteiger partial charge on any atom is -0.351 e. The van der Waals surface area contributed by atoms with Gasteiger partial charge in [-0.05, 0) is 24.5 Å². The summed E-state index contributed by atoms with van der Waals surface area (Å²) in [5.41, 5.74) is 1.50. The van der Waals surface area contributed by atoms with Gasteiger partial charge in [-0.3, -0.25) is 9.36 Å². The molecule has 0 atom stereocenters. The Labute approximate surface area is 113 Å². The predicted octanol–water partition coefficient (Wildman–Crippen LogP) is 2.65. The average molecular weight is 257 g/mol. The van der Waals surface area contributed by atoms with E-state index < -0.39 is 0 Å². The molecule has 19 heavy (non-hydrogen) atoms. The molecule has 0 aliphatic rings. The third-order valence-corrected chi connectivity index (χ3v) is 2.91. The number of amides is 1. The van der Waals surface area contributed by atoms with E-state index in [9.17, 15) is 4.79 Å². The van der Waals surface area contributed by atoms with Gasteiger partial charge < -0.3 is 5.32 Å². The van der Waals surface area contributed by atoms with E-state index in [4.69, 9.17) is 0 Å². The van der Waals surface area contributed by atoms with Gasteiger partial charge in [0.05, 0.1) is 12.5 Å². The summed E-state index contributed by atoms with van der Waals surface area (Å²) in [6, 6.07) is 9.73. The van der Waals surface area contributed by atoms with E-state index in [0.717, 1.165) is 12.1 Å². The van der Waals surface area contributed by atoms with E-state index in [2.05, 4.69) is 24.1 Å². The van der Waals surface area contributed by atoms with Crippen LogP contribution in [0.15, 0.2) is 42.9 Å². The second kappa shape index (κ2) is 6.18. The summed E-state index contributed by atoms with van der Waals surface area (Å²) in [6.07, 6.45) is 4.23. The lowest BCUT2D eigenvalue weighted by molar-refractivity contribution is 0.0945. The van der Waals surface area contributed by atoms with E-state index >= 15 is 0 Å². The van der Waals surface area contributed by atoms with Gasteiger partial charge in [0.15, 0.2) is 0 Å². The van der Waals surface area contributed by atoms with Gasteiger partial charge in [-0.25, -0.2) is 4.98 Å². The molecule has 0 aliphatic heterocycles. The van der Waals surface area contributed by atoms with Crippen molar-refractivity contribution in [2.45, 2.75) is 20.3 Å². The number of hydrogen-bond donors (Lipinski definition) is 1. The van der Waals surface area contributed by atoms with Crippen LogP contribution in [0.25, 0.3) is 5.69 Å². The Kier molecular flexibility index (Phi) is 4.34. The van der Waals surface area contributed by atoms with Crippen molar-refractivity contribution in [1.82, 2.24) is 14.9 Å². The minimum atomic E-state index is -0.0815. The lowest BCUT2D eigenvalue weighted by Crippen LogP contribution is -2.27. The largest absolute Gasteiger partial charge is 0.351 e. The van der Waals surface area contributed by atoms with E-state index in [1.807, 2.05) is 30.3 Å². The summed E-state index contributed by atoms with van der Waals surface area (Å²) in [5.74, 6) is 0.501. The molecule has 0 radical (unpaired) electrons. The SMILES string of the molecule is CC(C)CCNC(=O)c1cncn1-c1ccccc1. The highest BCUT2D eigenvalue weighted by Gasteiger charge is 2.12. The zero-order valence-corrected chi connectivity index (χ0v) is 11.3. The van der Waals surface area contributed by atoms with Crippen LogP contribution in [-0.4, -0.2) is 22.0 Å². The number of aromatic nitrogens is 2. The van der Waals surface area contributed by atoms with Crippen molar-refractivity contribution < 1.29 is 4.79 Å². The Morgan fingerprint density at radius 1 is 1.32 bits per heavy atom. The molecule has 0 spiro atoms. The van der Waals surface area contributed by atoms with Crippen molar-refractivity contribution in [2.24, 2.45) is 5.92 Å². The number of carbonyl (C=O) groups excluding carboxylic acids is 1. The van der Waals surface area contributed by atoms with Crippen molar-refractivity contribution in [3.05, 3.63) is 48.5 Å². The highest BCUT2D eigenvalue weighted by Crippen LogP contribution is 2.10. The molecule has 1 aromatic carbocycles. The molecule has 1 amide bonds. The van der Waals surface area contributed by atoms with Gasteiger partial charge in [0.25, 0.3) is 5.91 Å². The van der Waals surface area contributed by atoms with Crippen LogP contribution in [-0.2, 0) is 0 Å². The maximum atomic E-state index is 12.1. The van der Waals surface area contributed by atoms with Gasteiger partial charge in [-0.15, -0.1) is 0 Å². The first-order valence-electron chi connectivity index (χ1n) is 6.54. The number of rotatable bonds is 5. The summed E-state index contributed by atoms with van der Waals surface area (Å²) in [6.45, 7) is 4.97. The smallest absolute Gasteiger partial charge is 0.269 e. The lowest BCUT2D eigenvalue weighted by atomic mass is 10.1. The number of para-hydroxylation sites is 1. The maximum Gasteiger partial charge on any atom is 0.269 e. The van der Waals surface area contributed by atoms with Crippen LogP contribution in [0.3, 0.4) is 0 Å². The molecule has 2 rings (SSSR count). The van der Waals surface area contributed by atoms with Gasteiger partial charge in [0.1, 0.15) is 5.69 Å². The highest BCUT2D eigenvalue weighted by atomic mass is 16.1. The molecule has 0 saturated carbocycles. The van der Waals surface area contributed by atoms with Crippen molar-refractivity contribution in [3.8, 4) is 5.69 Å². The van der Waals surface area contributed by atoms with Crippen LogP contribution in [0, 0.1) is 5.92 Å². The summed E-state index contributed by atoms with van der Waals surface area (Å²) < 4.78 is 1.80. The molecule has 4 nitrogen and oxygen atoms in total. The van der Waals surface area contributed by atoms with Crippen LogP contribution in [0.5, 0.6) is 0 Å². The van der Waals surface area contributed by atoms with E-state index in [0.29, 0.717) is 18.2 Å². The van der Waals surface area contributed by atoms with E-state index in [1.165, 1.54) is 0 Å². The second-order valence-corrected chi connectivity index (χ2v) is 4.92. The average Bonchev–Trinajstić information content (AvgIpc) is 2.88. The molecule has 1 aromatic heterocycles. The first-order chi connectivity index (χ1) is 9.18. The fourth-order valence-corrected chi connectivity index (χ4v) is 1.82. The Hall–Kier alpha value is -2.10. The number of hydrogen-bond acceptors (Lipinski definition) is 2. The van der Waals surface area contributed by atoms with Crippen LogP contribution < -0.4 is 5.32 Å². The lowest BCUT2D eigenvalue weighted by Gasteiger charge is -2.09. The number of benzene rings is 1. The molecule has 4 heteroatoms. The molecular weight excluding hydrogens is 238 g/mol. The van der Waals surface area contributed by atoms with Crippen LogP contribution in [0.2, 0.25) is 0 Å². The van der Waals surface area contributed by atoms with Gasteiger partial charge in [0.2, 0.25) is 0 Å². The number of imidazole rings is 1. The fraction of sp³-hybridized carbons (Fsp3) is 0.333. The van der Waals surface area contributed by atoms with Gasteiger partial charge >= 0.3 is 0 Å².